The monoisotopic (exact) mass is 327 g/mol. The van der Waals surface area contributed by atoms with E-state index in [4.69, 9.17) is 4.74 Å². The first-order chi connectivity index (χ1) is 11.6. The van der Waals surface area contributed by atoms with Gasteiger partial charge in [-0.2, -0.15) is 0 Å². The topological polar surface area (TPSA) is 54.8 Å². The molecule has 0 spiro atoms. The lowest BCUT2D eigenvalue weighted by molar-refractivity contribution is -0.126. The van der Waals surface area contributed by atoms with Gasteiger partial charge in [-0.15, -0.1) is 0 Å². The van der Waals surface area contributed by atoms with Crippen LogP contribution in [0.5, 0.6) is 5.75 Å². The van der Waals surface area contributed by atoms with Crippen molar-refractivity contribution >= 4 is 17.4 Å². The van der Waals surface area contributed by atoms with E-state index < -0.39 is 11.7 Å². The van der Waals surface area contributed by atoms with Crippen LogP contribution >= 0.6 is 0 Å². The van der Waals surface area contributed by atoms with Crippen LogP contribution in [-0.4, -0.2) is 54.4 Å². The Balaban J connectivity index is 1.61. The zero-order chi connectivity index (χ0) is 17.1. The third-order valence-electron chi connectivity index (χ3n) is 4.38. The largest absolute Gasteiger partial charge is 0.497 e. The first-order valence-electron chi connectivity index (χ1n) is 7.94. The molecule has 0 atom stereocenters. The van der Waals surface area contributed by atoms with Crippen molar-refractivity contribution in [1.29, 1.82) is 0 Å². The molecule has 0 N–H and O–H groups in total. The number of carbonyl (C=O) groups is 2. The number of ether oxygens (including phenoxy) is 1. The minimum atomic E-state index is -0.444. The molecule has 1 saturated heterocycles. The van der Waals surface area contributed by atoms with E-state index in [9.17, 15) is 9.59 Å². The lowest BCUT2D eigenvalue weighted by atomic mass is 10.2. The van der Waals surface area contributed by atoms with E-state index in [2.05, 4.69) is 4.90 Å². The molecular weight excluding hydrogens is 306 g/mol. The Bertz CT molecular complexity index is 728. The number of hydrogen-bond donors (Lipinski definition) is 0. The molecule has 1 aromatic heterocycles. The average Bonchev–Trinajstić information content (AvgIpc) is 3.06. The number of hydrogen-bond acceptors (Lipinski definition) is 4. The highest BCUT2D eigenvalue weighted by molar-refractivity contribution is 6.42. The van der Waals surface area contributed by atoms with Gasteiger partial charge in [0.25, 0.3) is 11.7 Å². The second-order valence-corrected chi connectivity index (χ2v) is 5.81. The molecule has 0 radical (unpaired) electrons. The van der Waals surface area contributed by atoms with E-state index in [1.807, 2.05) is 24.3 Å². The fraction of sp³-hybridized carbons (Fsp3) is 0.333. The molecule has 0 saturated carbocycles. The van der Waals surface area contributed by atoms with Crippen molar-refractivity contribution in [3.05, 3.63) is 48.3 Å². The zero-order valence-electron chi connectivity index (χ0n) is 13.9. The summed E-state index contributed by atoms with van der Waals surface area (Å²) in [6.07, 6.45) is 1.77. The molecule has 1 aromatic carbocycles. The summed E-state index contributed by atoms with van der Waals surface area (Å²) in [5.74, 6) is -0.0488. The summed E-state index contributed by atoms with van der Waals surface area (Å²) < 4.78 is 6.84. The van der Waals surface area contributed by atoms with Gasteiger partial charge in [-0.1, -0.05) is 0 Å². The van der Waals surface area contributed by atoms with Gasteiger partial charge in [0, 0.05) is 45.1 Å². The van der Waals surface area contributed by atoms with Crippen LogP contribution in [0.25, 0.3) is 0 Å². The molecule has 1 amide bonds. The van der Waals surface area contributed by atoms with Crippen LogP contribution < -0.4 is 9.64 Å². The van der Waals surface area contributed by atoms with Gasteiger partial charge in [0.15, 0.2) is 0 Å². The van der Waals surface area contributed by atoms with Crippen LogP contribution in [0.2, 0.25) is 0 Å². The molecule has 6 heteroatoms. The Morgan fingerprint density at radius 1 is 1.00 bits per heavy atom. The van der Waals surface area contributed by atoms with Crippen LogP contribution in [0.4, 0.5) is 5.69 Å². The molecule has 126 valence electrons. The maximum atomic E-state index is 12.4. The summed E-state index contributed by atoms with van der Waals surface area (Å²) >= 11 is 0. The number of anilines is 1. The Morgan fingerprint density at radius 2 is 1.67 bits per heavy atom. The Kier molecular flexibility index (Phi) is 4.55. The highest BCUT2D eigenvalue weighted by Gasteiger charge is 2.28. The number of amides is 1. The van der Waals surface area contributed by atoms with E-state index in [1.165, 1.54) is 0 Å². The summed E-state index contributed by atoms with van der Waals surface area (Å²) in [6, 6.07) is 11.3. The SMILES string of the molecule is COc1ccc(N2CCN(C(=O)C(=O)c3cccn3C)CC2)cc1. The third kappa shape index (κ3) is 3.13. The maximum absolute atomic E-state index is 12.4. The summed E-state index contributed by atoms with van der Waals surface area (Å²) in [7, 11) is 3.41. The number of rotatable bonds is 4. The van der Waals surface area contributed by atoms with Gasteiger partial charge in [-0.05, 0) is 36.4 Å². The lowest BCUT2D eigenvalue weighted by Crippen LogP contribution is -2.50. The van der Waals surface area contributed by atoms with Crippen molar-refractivity contribution < 1.29 is 14.3 Å². The van der Waals surface area contributed by atoms with Crippen molar-refractivity contribution in [3.8, 4) is 5.75 Å². The van der Waals surface area contributed by atoms with Crippen LogP contribution in [0, 0.1) is 0 Å². The molecule has 0 unspecified atom stereocenters. The number of nitrogens with zero attached hydrogens (tertiary/aromatic N) is 3. The number of aromatic nitrogens is 1. The zero-order valence-corrected chi connectivity index (χ0v) is 13.9. The molecule has 2 aromatic rings. The van der Waals surface area contributed by atoms with E-state index in [-0.39, 0.29) is 0 Å². The summed E-state index contributed by atoms with van der Waals surface area (Å²) in [5.41, 5.74) is 1.52. The smallest absolute Gasteiger partial charge is 0.296 e. The van der Waals surface area contributed by atoms with Crippen molar-refractivity contribution in [3.63, 3.8) is 0 Å². The fourth-order valence-corrected chi connectivity index (χ4v) is 2.91. The third-order valence-corrected chi connectivity index (χ3v) is 4.38. The van der Waals surface area contributed by atoms with Crippen LogP contribution in [0.1, 0.15) is 10.5 Å². The van der Waals surface area contributed by atoms with E-state index in [1.54, 1.807) is 42.0 Å². The first-order valence-corrected chi connectivity index (χ1v) is 7.94. The van der Waals surface area contributed by atoms with Gasteiger partial charge < -0.3 is 19.1 Å². The van der Waals surface area contributed by atoms with E-state index >= 15 is 0 Å². The molecule has 24 heavy (non-hydrogen) atoms. The Labute approximate surface area is 141 Å². The minimum absolute atomic E-state index is 0.425. The van der Waals surface area contributed by atoms with Crippen LogP contribution in [-0.2, 0) is 11.8 Å². The number of carbonyl (C=O) groups excluding carboxylic acids is 2. The summed E-state index contributed by atoms with van der Waals surface area (Å²) in [4.78, 5) is 28.6. The number of methoxy groups -OCH3 is 1. The molecule has 2 heterocycles. The second-order valence-electron chi connectivity index (χ2n) is 5.81. The van der Waals surface area contributed by atoms with Crippen LogP contribution in [0.15, 0.2) is 42.6 Å². The fourth-order valence-electron chi connectivity index (χ4n) is 2.91. The maximum Gasteiger partial charge on any atom is 0.296 e. The first kappa shape index (κ1) is 16.1. The van der Waals surface area contributed by atoms with Gasteiger partial charge in [0.05, 0.1) is 12.8 Å². The molecule has 0 bridgehead atoms. The highest BCUT2D eigenvalue weighted by Crippen LogP contribution is 2.20. The molecular formula is C18H21N3O3. The molecule has 1 fully saturated rings. The number of piperazine rings is 1. The van der Waals surface area contributed by atoms with Gasteiger partial charge in [0.2, 0.25) is 0 Å². The molecule has 6 nitrogen and oxygen atoms in total. The standard InChI is InChI=1S/C18H21N3O3/c1-19-9-3-4-16(19)17(22)18(23)21-12-10-20(11-13-21)14-5-7-15(24-2)8-6-14/h3-9H,10-13H2,1-2H3. The second kappa shape index (κ2) is 6.78. The summed E-state index contributed by atoms with van der Waals surface area (Å²) in [5, 5.41) is 0. The number of aryl methyl sites for hydroxylation is 1. The van der Waals surface area contributed by atoms with Gasteiger partial charge in [-0.3, -0.25) is 9.59 Å². The molecule has 0 aliphatic carbocycles. The average molecular weight is 327 g/mol. The van der Waals surface area contributed by atoms with Crippen molar-refractivity contribution in [1.82, 2.24) is 9.47 Å². The van der Waals surface area contributed by atoms with Crippen molar-refractivity contribution in [2.75, 3.05) is 38.2 Å². The Hall–Kier alpha value is -2.76. The normalized spacial score (nSPS) is 14.6. The number of benzene rings is 1. The van der Waals surface area contributed by atoms with Gasteiger partial charge in [0.1, 0.15) is 5.75 Å². The van der Waals surface area contributed by atoms with Crippen LogP contribution in [0.3, 0.4) is 0 Å². The molecule has 3 rings (SSSR count). The lowest BCUT2D eigenvalue weighted by Gasteiger charge is -2.35. The minimum Gasteiger partial charge on any atom is -0.497 e. The highest BCUT2D eigenvalue weighted by atomic mass is 16.5. The predicted molar refractivity (Wildman–Crippen MR) is 91.5 cm³/mol. The van der Waals surface area contributed by atoms with E-state index in [0.29, 0.717) is 31.9 Å². The van der Waals surface area contributed by atoms with Crippen molar-refractivity contribution in [2.24, 2.45) is 7.05 Å². The van der Waals surface area contributed by atoms with E-state index in [0.717, 1.165) is 11.4 Å². The molecule has 1 aliphatic rings. The quantitative estimate of drug-likeness (QED) is 0.632. The molecule has 1 aliphatic heterocycles. The number of Topliss-reactive ketones (excluding diaryl/α,β-unsaturated/α-hetero) is 1. The Morgan fingerprint density at radius 3 is 2.21 bits per heavy atom. The number of ketones is 1. The summed E-state index contributed by atoms with van der Waals surface area (Å²) in [6.45, 7) is 2.50. The van der Waals surface area contributed by atoms with Gasteiger partial charge in [-0.25, -0.2) is 0 Å². The predicted octanol–water partition coefficient (Wildman–Crippen LogP) is 1.57. The van der Waals surface area contributed by atoms with Crippen molar-refractivity contribution in [2.45, 2.75) is 0 Å². The van der Waals surface area contributed by atoms with Gasteiger partial charge >= 0.3 is 0 Å².